The van der Waals surface area contributed by atoms with Gasteiger partial charge in [-0.15, -0.1) is 5.10 Å². The molecule has 1 heterocycles. The van der Waals surface area contributed by atoms with Crippen molar-refractivity contribution < 1.29 is 14.6 Å². The third-order valence-electron chi connectivity index (χ3n) is 2.12. The molecule has 1 aromatic heterocycles. The first-order valence-corrected chi connectivity index (χ1v) is 4.83. The highest BCUT2D eigenvalue weighted by atomic mass is 16.5. The van der Waals surface area contributed by atoms with Crippen LogP contribution in [0.3, 0.4) is 0 Å². The van der Waals surface area contributed by atoms with Crippen molar-refractivity contribution in [1.29, 1.82) is 0 Å². The van der Waals surface area contributed by atoms with Gasteiger partial charge < -0.3 is 14.6 Å². The van der Waals surface area contributed by atoms with Crippen LogP contribution in [0.5, 0.6) is 0 Å². The van der Waals surface area contributed by atoms with E-state index in [-0.39, 0.29) is 6.61 Å². The van der Waals surface area contributed by atoms with Crippen LogP contribution in [0.15, 0.2) is 0 Å². The molecule has 0 radical (unpaired) electrons. The Morgan fingerprint density at radius 3 is 2.60 bits per heavy atom. The molecule has 0 bridgehead atoms. The van der Waals surface area contributed by atoms with Crippen LogP contribution in [0, 0.1) is 0 Å². The van der Waals surface area contributed by atoms with E-state index in [1.165, 1.54) is 0 Å². The van der Waals surface area contributed by atoms with Gasteiger partial charge in [-0.25, -0.2) is 4.68 Å². The predicted molar refractivity (Wildman–Crippen MR) is 53.4 cm³/mol. The fourth-order valence-corrected chi connectivity index (χ4v) is 1.32. The van der Waals surface area contributed by atoms with Gasteiger partial charge in [0.15, 0.2) is 0 Å². The summed E-state index contributed by atoms with van der Waals surface area (Å²) in [4.78, 5) is 0. The third-order valence-corrected chi connectivity index (χ3v) is 2.12. The topological polar surface area (TPSA) is 69.4 Å². The minimum absolute atomic E-state index is 0.0912. The van der Waals surface area contributed by atoms with Crippen LogP contribution in [-0.2, 0) is 29.0 Å². The molecule has 0 aliphatic rings. The van der Waals surface area contributed by atoms with E-state index in [0.29, 0.717) is 31.9 Å². The predicted octanol–water partition coefficient (Wildman–Crippen LogP) is -0.394. The van der Waals surface area contributed by atoms with E-state index in [9.17, 15) is 0 Å². The fraction of sp³-hybridized carbons (Fsp3) is 0.778. The van der Waals surface area contributed by atoms with E-state index in [0.717, 1.165) is 5.69 Å². The van der Waals surface area contributed by atoms with E-state index in [1.807, 2.05) is 0 Å². The van der Waals surface area contributed by atoms with Gasteiger partial charge >= 0.3 is 0 Å². The Kier molecular flexibility index (Phi) is 5.23. The summed E-state index contributed by atoms with van der Waals surface area (Å²) in [6.45, 7) is 1.72. The van der Waals surface area contributed by atoms with Crippen LogP contribution < -0.4 is 0 Å². The largest absolute Gasteiger partial charge is 0.390 e. The molecule has 0 amide bonds. The zero-order valence-corrected chi connectivity index (χ0v) is 9.14. The smallest absolute Gasteiger partial charge is 0.111 e. The number of hydrogen-bond donors (Lipinski definition) is 1. The zero-order valence-electron chi connectivity index (χ0n) is 9.14. The Morgan fingerprint density at radius 2 is 2.00 bits per heavy atom. The molecule has 0 saturated heterocycles. The molecule has 0 unspecified atom stereocenters. The van der Waals surface area contributed by atoms with Crippen molar-refractivity contribution in [3.8, 4) is 0 Å². The van der Waals surface area contributed by atoms with Crippen molar-refractivity contribution >= 4 is 0 Å². The molecule has 0 atom stereocenters. The van der Waals surface area contributed by atoms with Crippen LogP contribution in [0.25, 0.3) is 0 Å². The molecule has 6 nitrogen and oxygen atoms in total. The molecule has 15 heavy (non-hydrogen) atoms. The first kappa shape index (κ1) is 12.1. The highest BCUT2D eigenvalue weighted by Gasteiger charge is 2.11. The summed E-state index contributed by atoms with van der Waals surface area (Å²) in [7, 11) is 3.28. The summed E-state index contributed by atoms with van der Waals surface area (Å²) in [5.41, 5.74) is 1.53. The summed E-state index contributed by atoms with van der Waals surface area (Å²) < 4.78 is 11.7. The van der Waals surface area contributed by atoms with E-state index in [2.05, 4.69) is 10.3 Å². The fourth-order valence-electron chi connectivity index (χ4n) is 1.32. The molecule has 1 rings (SSSR count). The lowest BCUT2D eigenvalue weighted by molar-refractivity contribution is 0.177. The molecule has 1 N–H and O–H groups in total. The van der Waals surface area contributed by atoms with Gasteiger partial charge in [0.05, 0.1) is 32.1 Å². The molecule has 86 valence electrons. The first-order valence-electron chi connectivity index (χ1n) is 4.83. The zero-order chi connectivity index (χ0) is 11.1. The molecule has 0 saturated carbocycles. The Morgan fingerprint density at radius 1 is 1.27 bits per heavy atom. The van der Waals surface area contributed by atoms with Crippen molar-refractivity contribution in [3.63, 3.8) is 0 Å². The lowest BCUT2D eigenvalue weighted by atomic mass is 10.2. The van der Waals surface area contributed by atoms with Gasteiger partial charge in [-0.1, -0.05) is 5.21 Å². The number of methoxy groups -OCH3 is 2. The highest BCUT2D eigenvalue weighted by Crippen LogP contribution is 2.06. The molecule has 0 aliphatic heterocycles. The normalized spacial score (nSPS) is 10.9. The van der Waals surface area contributed by atoms with Crippen LogP contribution in [0.2, 0.25) is 0 Å². The number of rotatable bonds is 7. The Labute approximate surface area is 88.8 Å². The quantitative estimate of drug-likeness (QED) is 0.670. The average Bonchev–Trinajstić information content (AvgIpc) is 2.65. The van der Waals surface area contributed by atoms with Crippen LogP contribution in [0.4, 0.5) is 0 Å². The van der Waals surface area contributed by atoms with E-state index in [4.69, 9.17) is 14.6 Å². The van der Waals surface area contributed by atoms with E-state index < -0.39 is 0 Å². The van der Waals surface area contributed by atoms with Gasteiger partial charge in [-0.05, 0) is 0 Å². The van der Waals surface area contributed by atoms with Crippen LogP contribution in [0.1, 0.15) is 11.4 Å². The van der Waals surface area contributed by atoms with E-state index >= 15 is 0 Å². The second-order valence-corrected chi connectivity index (χ2v) is 3.10. The second-order valence-electron chi connectivity index (χ2n) is 3.10. The van der Waals surface area contributed by atoms with Crippen molar-refractivity contribution in [3.05, 3.63) is 11.4 Å². The number of aromatic nitrogens is 3. The Hall–Kier alpha value is -0.980. The molecular formula is C9H17N3O3. The van der Waals surface area contributed by atoms with Gasteiger partial charge in [0.2, 0.25) is 0 Å². The summed E-state index contributed by atoms with van der Waals surface area (Å²) in [6.07, 6.45) is 0.698. The molecular weight excluding hydrogens is 198 g/mol. The van der Waals surface area contributed by atoms with Gasteiger partial charge in [-0.3, -0.25) is 0 Å². The van der Waals surface area contributed by atoms with Gasteiger partial charge in [0, 0.05) is 20.6 Å². The average molecular weight is 215 g/mol. The first-order chi connectivity index (χ1) is 7.33. The standard InChI is InChI=1S/C9H17N3O3/c1-14-5-3-9-8(7-13)10-11-12(9)4-6-15-2/h13H,3-7H2,1-2H3. The number of aliphatic hydroxyl groups excluding tert-OH is 1. The molecule has 6 heteroatoms. The summed E-state index contributed by atoms with van der Waals surface area (Å²) >= 11 is 0. The van der Waals surface area contributed by atoms with Crippen molar-refractivity contribution in [1.82, 2.24) is 15.0 Å². The summed E-state index contributed by atoms with van der Waals surface area (Å²) in [5, 5.41) is 16.9. The van der Waals surface area contributed by atoms with Crippen molar-refractivity contribution in [2.75, 3.05) is 27.4 Å². The molecule has 1 aromatic rings. The van der Waals surface area contributed by atoms with Crippen LogP contribution >= 0.6 is 0 Å². The minimum atomic E-state index is -0.0912. The number of hydrogen-bond acceptors (Lipinski definition) is 5. The SMILES string of the molecule is COCCc1c(CO)nnn1CCOC. The van der Waals surface area contributed by atoms with E-state index in [1.54, 1.807) is 18.9 Å². The molecule has 0 spiro atoms. The van der Waals surface area contributed by atoms with Crippen LogP contribution in [-0.4, -0.2) is 47.5 Å². The Bertz CT molecular complexity index is 288. The maximum Gasteiger partial charge on any atom is 0.111 e. The molecule has 0 fully saturated rings. The lowest BCUT2D eigenvalue weighted by Crippen LogP contribution is -2.12. The summed E-state index contributed by atoms with van der Waals surface area (Å²) in [6, 6.07) is 0. The minimum Gasteiger partial charge on any atom is -0.390 e. The maximum atomic E-state index is 9.07. The monoisotopic (exact) mass is 215 g/mol. The lowest BCUT2D eigenvalue weighted by Gasteiger charge is -2.06. The van der Waals surface area contributed by atoms with Crippen molar-refractivity contribution in [2.24, 2.45) is 0 Å². The number of aliphatic hydroxyl groups is 1. The Balaban J connectivity index is 2.70. The van der Waals surface area contributed by atoms with Gasteiger partial charge in [0.1, 0.15) is 5.69 Å². The number of ether oxygens (including phenoxy) is 2. The molecule has 0 aliphatic carbocycles. The van der Waals surface area contributed by atoms with Gasteiger partial charge in [0.25, 0.3) is 0 Å². The summed E-state index contributed by atoms with van der Waals surface area (Å²) in [5.74, 6) is 0. The maximum absolute atomic E-state index is 9.07. The third kappa shape index (κ3) is 3.26. The second kappa shape index (κ2) is 6.49. The van der Waals surface area contributed by atoms with Crippen molar-refractivity contribution in [2.45, 2.75) is 19.6 Å². The number of nitrogens with zero attached hydrogens (tertiary/aromatic N) is 3. The molecule has 0 aromatic carbocycles. The highest BCUT2D eigenvalue weighted by molar-refractivity contribution is 5.09. The van der Waals surface area contributed by atoms with Gasteiger partial charge in [-0.2, -0.15) is 0 Å².